The van der Waals surface area contributed by atoms with Crippen molar-refractivity contribution in [1.29, 1.82) is 0 Å². The Balaban J connectivity index is 2.28. The van der Waals surface area contributed by atoms with E-state index in [1.165, 1.54) is 12.1 Å². The van der Waals surface area contributed by atoms with E-state index >= 15 is 0 Å². The predicted molar refractivity (Wildman–Crippen MR) is 81.5 cm³/mol. The topological polar surface area (TPSA) is 80.5 Å². The molecule has 21 heavy (non-hydrogen) atoms. The molecule has 0 radical (unpaired) electrons. The Morgan fingerprint density at radius 1 is 1.24 bits per heavy atom. The van der Waals surface area contributed by atoms with Gasteiger partial charge in [0.2, 0.25) is 10.0 Å². The van der Waals surface area contributed by atoms with Gasteiger partial charge < -0.3 is 4.90 Å². The van der Waals surface area contributed by atoms with E-state index in [2.05, 4.69) is 6.92 Å². The van der Waals surface area contributed by atoms with Crippen molar-refractivity contribution in [3.63, 3.8) is 0 Å². The molecule has 1 heterocycles. The highest BCUT2D eigenvalue weighted by molar-refractivity contribution is 7.89. The van der Waals surface area contributed by atoms with E-state index in [0.717, 1.165) is 32.4 Å². The normalized spacial score (nSPS) is 20.1. The molecule has 1 atom stereocenters. The number of carbonyl (C=O) groups excluding carboxylic acids is 1. The largest absolute Gasteiger partial charge is 0.339 e. The first-order valence-corrected chi connectivity index (χ1v) is 8.76. The summed E-state index contributed by atoms with van der Waals surface area (Å²) >= 11 is 0. The lowest BCUT2D eigenvalue weighted by Gasteiger charge is -2.21. The third kappa shape index (κ3) is 4.04. The van der Waals surface area contributed by atoms with Gasteiger partial charge in [-0.2, -0.15) is 0 Å². The van der Waals surface area contributed by atoms with Gasteiger partial charge in [0.25, 0.3) is 5.91 Å². The number of nitrogens with zero attached hydrogens (tertiary/aromatic N) is 1. The van der Waals surface area contributed by atoms with E-state index < -0.39 is 10.0 Å². The monoisotopic (exact) mass is 310 g/mol. The summed E-state index contributed by atoms with van der Waals surface area (Å²) in [5.74, 6) is 0.512. The molecule has 0 spiro atoms. The highest BCUT2D eigenvalue weighted by Crippen LogP contribution is 2.20. The summed E-state index contributed by atoms with van der Waals surface area (Å²) < 4.78 is 23.0. The molecule has 1 aromatic rings. The molecule has 6 heteroatoms. The summed E-state index contributed by atoms with van der Waals surface area (Å²) in [5, 5.41) is 5.16. The van der Waals surface area contributed by atoms with Gasteiger partial charge in [0, 0.05) is 18.7 Å². The van der Waals surface area contributed by atoms with E-state index in [4.69, 9.17) is 5.14 Å². The van der Waals surface area contributed by atoms with Crippen LogP contribution in [0.25, 0.3) is 0 Å². The second-order valence-corrected chi connectivity index (χ2v) is 7.47. The van der Waals surface area contributed by atoms with Gasteiger partial charge in [-0.1, -0.05) is 6.92 Å². The number of amides is 1. The number of hydrogen-bond acceptors (Lipinski definition) is 3. The minimum atomic E-state index is -3.80. The Kier molecular flexibility index (Phi) is 4.68. The lowest BCUT2D eigenvalue weighted by molar-refractivity contribution is 0.0760. The maximum absolute atomic E-state index is 12.6. The van der Waals surface area contributed by atoms with E-state index in [0.29, 0.717) is 17.0 Å². The van der Waals surface area contributed by atoms with Crippen LogP contribution in [0, 0.1) is 12.8 Å². The van der Waals surface area contributed by atoms with Crippen LogP contribution in [0.1, 0.15) is 42.1 Å². The molecule has 1 saturated heterocycles. The van der Waals surface area contributed by atoms with Crippen molar-refractivity contribution >= 4 is 15.9 Å². The summed E-state index contributed by atoms with van der Waals surface area (Å²) in [7, 11) is -3.80. The molecule has 5 nitrogen and oxygen atoms in total. The third-order valence-electron chi connectivity index (χ3n) is 3.93. The fourth-order valence-electron chi connectivity index (χ4n) is 2.68. The number of aryl methyl sites for hydroxylation is 1. The number of benzene rings is 1. The summed E-state index contributed by atoms with van der Waals surface area (Å²) in [6.07, 6.45) is 3.10. The number of likely N-dealkylation sites (tertiary alicyclic amines) is 1. The van der Waals surface area contributed by atoms with Crippen LogP contribution < -0.4 is 5.14 Å². The van der Waals surface area contributed by atoms with Crippen LogP contribution >= 0.6 is 0 Å². The fraction of sp³-hybridized carbons (Fsp3) is 0.533. The van der Waals surface area contributed by atoms with Crippen LogP contribution in [0.4, 0.5) is 0 Å². The van der Waals surface area contributed by atoms with Crippen molar-refractivity contribution in [3.8, 4) is 0 Å². The maximum Gasteiger partial charge on any atom is 0.253 e. The number of sulfonamides is 1. The van der Waals surface area contributed by atoms with Crippen molar-refractivity contribution in [2.75, 3.05) is 13.1 Å². The zero-order valence-corrected chi connectivity index (χ0v) is 13.3. The molecule has 0 aliphatic carbocycles. The average Bonchev–Trinajstić information content (AvgIpc) is 2.61. The van der Waals surface area contributed by atoms with E-state index in [-0.39, 0.29) is 10.8 Å². The summed E-state index contributed by atoms with van der Waals surface area (Å²) in [4.78, 5) is 14.4. The van der Waals surface area contributed by atoms with Crippen LogP contribution in [-0.2, 0) is 10.0 Å². The standard InChI is InChI=1S/C15H22N2O3S/c1-11-4-3-6-17(7-5-11)15(18)13-8-12(2)9-14(10-13)21(16,19)20/h8-11H,3-7H2,1-2H3,(H2,16,19,20). The SMILES string of the molecule is Cc1cc(C(=O)N2CCCC(C)CC2)cc(S(N)(=O)=O)c1. The van der Waals surface area contributed by atoms with Gasteiger partial charge in [0.1, 0.15) is 0 Å². The van der Waals surface area contributed by atoms with Crippen molar-refractivity contribution in [2.45, 2.75) is 38.0 Å². The van der Waals surface area contributed by atoms with Crippen LogP contribution in [0.2, 0.25) is 0 Å². The smallest absolute Gasteiger partial charge is 0.253 e. The molecule has 1 amide bonds. The van der Waals surface area contributed by atoms with Crippen molar-refractivity contribution < 1.29 is 13.2 Å². The number of hydrogen-bond donors (Lipinski definition) is 1. The maximum atomic E-state index is 12.6. The zero-order valence-electron chi connectivity index (χ0n) is 12.5. The number of nitrogens with two attached hydrogens (primary N) is 1. The van der Waals surface area contributed by atoms with E-state index in [1.807, 2.05) is 4.90 Å². The molecule has 1 aliphatic heterocycles. The quantitative estimate of drug-likeness (QED) is 0.906. The van der Waals surface area contributed by atoms with Gasteiger partial charge >= 0.3 is 0 Å². The first-order chi connectivity index (χ1) is 9.77. The third-order valence-corrected chi connectivity index (χ3v) is 4.82. The highest BCUT2D eigenvalue weighted by Gasteiger charge is 2.21. The summed E-state index contributed by atoms with van der Waals surface area (Å²) in [6, 6.07) is 4.57. The predicted octanol–water partition coefficient (Wildman–Crippen LogP) is 1.90. The van der Waals surface area contributed by atoms with Gasteiger partial charge in [0.05, 0.1) is 4.90 Å². The second-order valence-electron chi connectivity index (χ2n) is 5.91. The number of primary sulfonamides is 1. The lowest BCUT2D eigenvalue weighted by atomic mass is 10.0. The Labute approximate surface area is 126 Å². The molecule has 1 aliphatic rings. The number of rotatable bonds is 2. The van der Waals surface area contributed by atoms with Crippen molar-refractivity contribution in [2.24, 2.45) is 11.1 Å². The Morgan fingerprint density at radius 3 is 2.62 bits per heavy atom. The second kappa shape index (κ2) is 6.15. The summed E-state index contributed by atoms with van der Waals surface area (Å²) in [6.45, 7) is 5.40. The molecule has 1 unspecified atom stereocenters. The van der Waals surface area contributed by atoms with Crippen LogP contribution in [0.3, 0.4) is 0 Å². The van der Waals surface area contributed by atoms with Crippen LogP contribution in [-0.4, -0.2) is 32.3 Å². The fourth-order valence-corrected chi connectivity index (χ4v) is 3.33. The molecule has 2 N–H and O–H groups in total. The van der Waals surface area contributed by atoms with Crippen molar-refractivity contribution in [1.82, 2.24) is 4.90 Å². The molecular formula is C15H22N2O3S. The molecule has 116 valence electrons. The van der Waals surface area contributed by atoms with Crippen molar-refractivity contribution in [3.05, 3.63) is 29.3 Å². The van der Waals surface area contributed by atoms with Gasteiger partial charge in [-0.25, -0.2) is 13.6 Å². The molecular weight excluding hydrogens is 288 g/mol. The Morgan fingerprint density at radius 2 is 1.95 bits per heavy atom. The lowest BCUT2D eigenvalue weighted by Crippen LogP contribution is -2.32. The average molecular weight is 310 g/mol. The molecule has 1 fully saturated rings. The van der Waals surface area contributed by atoms with Gasteiger partial charge in [0.15, 0.2) is 0 Å². The molecule has 0 saturated carbocycles. The first kappa shape index (κ1) is 16.0. The minimum absolute atomic E-state index is 0.00552. The molecule has 0 aromatic heterocycles. The van der Waals surface area contributed by atoms with Gasteiger partial charge in [-0.15, -0.1) is 0 Å². The van der Waals surface area contributed by atoms with E-state index in [9.17, 15) is 13.2 Å². The van der Waals surface area contributed by atoms with Crippen LogP contribution in [0.15, 0.2) is 23.1 Å². The Hall–Kier alpha value is -1.40. The van der Waals surface area contributed by atoms with E-state index in [1.54, 1.807) is 13.0 Å². The molecule has 1 aromatic carbocycles. The zero-order chi connectivity index (χ0) is 15.6. The first-order valence-electron chi connectivity index (χ1n) is 7.21. The molecule has 2 rings (SSSR count). The highest BCUT2D eigenvalue weighted by atomic mass is 32.2. The van der Waals surface area contributed by atoms with Gasteiger partial charge in [-0.3, -0.25) is 4.79 Å². The Bertz CT molecular complexity index is 640. The summed E-state index contributed by atoms with van der Waals surface area (Å²) in [5.41, 5.74) is 1.11. The minimum Gasteiger partial charge on any atom is -0.339 e. The molecule has 0 bridgehead atoms. The van der Waals surface area contributed by atoms with Crippen LogP contribution in [0.5, 0.6) is 0 Å². The number of carbonyl (C=O) groups is 1. The van der Waals surface area contributed by atoms with Gasteiger partial charge in [-0.05, 0) is 55.9 Å².